The first-order valence-electron chi connectivity index (χ1n) is 9.41. The zero-order valence-corrected chi connectivity index (χ0v) is 18.1. The number of alkyl halides is 3. The van der Waals surface area contributed by atoms with Gasteiger partial charge in [0.1, 0.15) is 35.2 Å². The van der Waals surface area contributed by atoms with Crippen LogP contribution in [0.4, 0.5) is 13.2 Å². The van der Waals surface area contributed by atoms with Crippen LogP contribution in [0.5, 0.6) is 11.8 Å². The number of rotatable bonds is 5. The monoisotopic (exact) mass is 505 g/mol. The lowest BCUT2D eigenvalue weighted by Gasteiger charge is -2.36. The van der Waals surface area contributed by atoms with Crippen LogP contribution in [0.1, 0.15) is 19.5 Å². The Morgan fingerprint density at radius 1 is 1.10 bits per heavy atom. The molecule has 31 heavy (non-hydrogen) atoms. The predicted molar refractivity (Wildman–Crippen MR) is 102 cm³/mol. The standard InChI is InChI=1S/C19H19BrF3N3O5/c1-18(2)30-16-10(8-28-15-7-6-13(20)25-26-15)27-9-11(17(16)31-18)29-14-5-3-4-12(24-14)19(21,22)23/h3-7,10-11,16-17H,8-9H2,1-2H3/t10-,11+,16+,17-/m1/s1. The number of aromatic nitrogens is 3. The van der Waals surface area contributed by atoms with Gasteiger partial charge in [-0.15, -0.1) is 10.2 Å². The highest BCUT2D eigenvalue weighted by atomic mass is 79.9. The molecule has 168 valence electrons. The zero-order chi connectivity index (χ0) is 22.2. The molecule has 2 aromatic rings. The summed E-state index contributed by atoms with van der Waals surface area (Å²) in [5.41, 5.74) is -1.04. The highest BCUT2D eigenvalue weighted by molar-refractivity contribution is 9.10. The van der Waals surface area contributed by atoms with Crippen molar-refractivity contribution in [3.8, 4) is 11.8 Å². The van der Waals surface area contributed by atoms with Gasteiger partial charge in [-0.25, -0.2) is 4.98 Å². The first-order chi connectivity index (χ1) is 14.6. The van der Waals surface area contributed by atoms with Crippen molar-refractivity contribution in [1.82, 2.24) is 15.2 Å². The molecule has 0 saturated carbocycles. The van der Waals surface area contributed by atoms with Crippen molar-refractivity contribution in [3.05, 3.63) is 40.6 Å². The van der Waals surface area contributed by atoms with Gasteiger partial charge in [0.25, 0.3) is 0 Å². The molecule has 0 bridgehead atoms. The highest BCUT2D eigenvalue weighted by Crippen LogP contribution is 2.37. The van der Waals surface area contributed by atoms with Gasteiger partial charge in [0.15, 0.2) is 11.9 Å². The van der Waals surface area contributed by atoms with E-state index in [2.05, 4.69) is 31.1 Å². The zero-order valence-electron chi connectivity index (χ0n) is 16.5. The van der Waals surface area contributed by atoms with E-state index in [0.29, 0.717) is 10.5 Å². The molecular weight excluding hydrogens is 487 g/mol. The number of halogens is 4. The normalized spacial score (nSPS) is 27.5. The second-order valence-corrected chi connectivity index (χ2v) is 8.27. The second kappa shape index (κ2) is 8.49. The van der Waals surface area contributed by atoms with E-state index in [1.807, 2.05) is 0 Å². The molecule has 0 radical (unpaired) electrons. The average Bonchev–Trinajstić information content (AvgIpc) is 3.04. The number of nitrogens with zero attached hydrogens (tertiary/aromatic N) is 3. The van der Waals surface area contributed by atoms with Crippen molar-refractivity contribution in [3.63, 3.8) is 0 Å². The summed E-state index contributed by atoms with van der Waals surface area (Å²) in [5, 5.41) is 7.76. The quantitative estimate of drug-likeness (QED) is 0.611. The SMILES string of the molecule is CC1(C)O[C@@H]2[C@H](O1)[C@@H](Oc1cccc(C(F)(F)F)n1)CO[C@@H]2COc1ccc(Br)nn1. The summed E-state index contributed by atoms with van der Waals surface area (Å²) < 4.78 is 68.6. The van der Waals surface area contributed by atoms with Crippen LogP contribution in [0.25, 0.3) is 0 Å². The molecule has 2 aliphatic rings. The van der Waals surface area contributed by atoms with Gasteiger partial charge in [0.2, 0.25) is 11.8 Å². The van der Waals surface area contributed by atoms with Crippen LogP contribution in [0, 0.1) is 0 Å². The summed E-state index contributed by atoms with van der Waals surface area (Å²) in [5.74, 6) is -0.787. The van der Waals surface area contributed by atoms with Crippen molar-refractivity contribution in [1.29, 1.82) is 0 Å². The highest BCUT2D eigenvalue weighted by Gasteiger charge is 2.53. The molecule has 4 heterocycles. The summed E-state index contributed by atoms with van der Waals surface area (Å²) >= 11 is 3.20. The van der Waals surface area contributed by atoms with E-state index >= 15 is 0 Å². The summed E-state index contributed by atoms with van der Waals surface area (Å²) in [7, 11) is 0. The lowest BCUT2D eigenvalue weighted by Crippen LogP contribution is -2.55. The maximum Gasteiger partial charge on any atom is 0.433 e. The Bertz CT molecular complexity index is 915. The van der Waals surface area contributed by atoms with Crippen molar-refractivity contribution in [2.24, 2.45) is 0 Å². The van der Waals surface area contributed by atoms with Crippen molar-refractivity contribution >= 4 is 15.9 Å². The van der Waals surface area contributed by atoms with Gasteiger partial charge < -0.3 is 23.7 Å². The van der Waals surface area contributed by atoms with Crippen molar-refractivity contribution < 1.29 is 36.9 Å². The van der Waals surface area contributed by atoms with Gasteiger partial charge in [-0.3, -0.25) is 0 Å². The van der Waals surface area contributed by atoms with E-state index in [1.165, 1.54) is 12.1 Å². The third-order valence-electron chi connectivity index (χ3n) is 4.66. The number of pyridine rings is 1. The van der Waals surface area contributed by atoms with Gasteiger partial charge in [-0.05, 0) is 41.9 Å². The molecule has 2 aliphatic heterocycles. The summed E-state index contributed by atoms with van der Waals surface area (Å²) in [6, 6.07) is 6.81. The smallest absolute Gasteiger partial charge is 0.433 e. The Balaban J connectivity index is 1.46. The van der Waals surface area contributed by atoms with E-state index in [1.54, 1.807) is 26.0 Å². The molecule has 12 heteroatoms. The van der Waals surface area contributed by atoms with Crippen LogP contribution in [-0.2, 0) is 20.4 Å². The lowest BCUT2D eigenvalue weighted by molar-refractivity contribution is -0.157. The Labute approximate surface area is 184 Å². The minimum Gasteiger partial charge on any atom is -0.474 e. The summed E-state index contributed by atoms with van der Waals surface area (Å²) in [6.07, 6.45) is -6.95. The van der Waals surface area contributed by atoms with E-state index < -0.39 is 42.1 Å². The van der Waals surface area contributed by atoms with Gasteiger partial charge in [-0.2, -0.15) is 13.2 Å². The number of hydrogen-bond donors (Lipinski definition) is 0. The van der Waals surface area contributed by atoms with Crippen molar-refractivity contribution in [2.45, 2.75) is 50.2 Å². The summed E-state index contributed by atoms with van der Waals surface area (Å²) in [4.78, 5) is 3.55. The Hall–Kier alpha value is -2.02. The Morgan fingerprint density at radius 2 is 1.87 bits per heavy atom. The number of hydrogen-bond acceptors (Lipinski definition) is 8. The minimum absolute atomic E-state index is 0.0541. The number of fused-ring (bicyclic) bond motifs is 1. The van der Waals surface area contributed by atoms with E-state index in [4.69, 9.17) is 23.7 Å². The summed E-state index contributed by atoms with van der Waals surface area (Å²) in [6.45, 7) is 3.65. The maximum atomic E-state index is 12.9. The Kier molecular flexibility index (Phi) is 6.08. The molecule has 0 spiro atoms. The largest absolute Gasteiger partial charge is 0.474 e. The van der Waals surface area contributed by atoms with Crippen LogP contribution < -0.4 is 9.47 Å². The van der Waals surface area contributed by atoms with E-state index in [-0.39, 0.29) is 19.1 Å². The predicted octanol–water partition coefficient (Wildman–Crippen LogP) is 3.40. The molecule has 0 aliphatic carbocycles. The third-order valence-corrected chi connectivity index (χ3v) is 5.08. The van der Waals surface area contributed by atoms with Gasteiger partial charge in [0.05, 0.1) is 6.61 Å². The van der Waals surface area contributed by atoms with Crippen molar-refractivity contribution in [2.75, 3.05) is 13.2 Å². The minimum atomic E-state index is -4.57. The fourth-order valence-electron chi connectivity index (χ4n) is 3.39. The van der Waals surface area contributed by atoms with Gasteiger partial charge >= 0.3 is 6.18 Å². The first kappa shape index (κ1) is 22.2. The van der Waals surface area contributed by atoms with Crippen LogP contribution in [-0.4, -0.2) is 58.6 Å². The fraction of sp³-hybridized carbons (Fsp3) is 0.526. The fourth-order valence-corrected chi connectivity index (χ4v) is 3.60. The van der Waals surface area contributed by atoms with Crippen LogP contribution in [0.15, 0.2) is 34.9 Å². The molecular formula is C19H19BrF3N3O5. The molecule has 0 aromatic carbocycles. The molecule has 0 N–H and O–H groups in total. The molecule has 4 atom stereocenters. The topological polar surface area (TPSA) is 84.8 Å². The molecule has 8 nitrogen and oxygen atoms in total. The van der Waals surface area contributed by atoms with Gasteiger partial charge in [-0.1, -0.05) is 6.07 Å². The van der Waals surface area contributed by atoms with Crippen LogP contribution in [0.2, 0.25) is 0 Å². The molecule has 2 saturated heterocycles. The molecule has 0 amide bonds. The lowest BCUT2D eigenvalue weighted by atomic mass is 10.0. The number of ether oxygens (including phenoxy) is 5. The third kappa shape index (κ3) is 5.25. The molecule has 2 aromatic heterocycles. The first-order valence-corrected chi connectivity index (χ1v) is 10.2. The van der Waals surface area contributed by atoms with Crippen LogP contribution >= 0.6 is 15.9 Å². The molecule has 0 unspecified atom stereocenters. The van der Waals surface area contributed by atoms with E-state index in [0.717, 1.165) is 6.07 Å². The van der Waals surface area contributed by atoms with Gasteiger partial charge in [0, 0.05) is 12.1 Å². The molecule has 4 rings (SSSR count). The van der Waals surface area contributed by atoms with E-state index in [9.17, 15) is 13.2 Å². The average molecular weight is 506 g/mol. The molecule has 2 fully saturated rings. The Morgan fingerprint density at radius 3 is 2.58 bits per heavy atom. The van der Waals surface area contributed by atoms with Crippen LogP contribution in [0.3, 0.4) is 0 Å². The maximum absolute atomic E-state index is 12.9. The second-order valence-electron chi connectivity index (χ2n) is 7.46.